The van der Waals surface area contributed by atoms with E-state index < -0.39 is 0 Å². The third-order valence-electron chi connectivity index (χ3n) is 3.29. The fourth-order valence-electron chi connectivity index (χ4n) is 2.21. The first kappa shape index (κ1) is 15.9. The van der Waals surface area contributed by atoms with Crippen LogP contribution in [-0.4, -0.2) is 87.7 Å². The van der Waals surface area contributed by atoms with Gasteiger partial charge in [-0.2, -0.15) is 0 Å². The molecule has 5 nitrogen and oxygen atoms in total. The normalized spacial score (nSPS) is 19.0. The maximum Gasteiger partial charge on any atom is 0.0593 e. The van der Waals surface area contributed by atoms with Crippen LogP contribution in [0.2, 0.25) is 0 Å². The smallest absolute Gasteiger partial charge is 0.0593 e. The zero-order valence-corrected chi connectivity index (χ0v) is 11.6. The first-order valence-corrected chi connectivity index (χ1v) is 6.99. The van der Waals surface area contributed by atoms with Gasteiger partial charge in [-0.15, -0.1) is 0 Å². The summed E-state index contributed by atoms with van der Waals surface area (Å²) in [6.45, 7) is 8.85. The number of nitrogens with zero attached hydrogens (tertiary/aromatic N) is 2. The Hall–Kier alpha value is -0.200. The highest BCUT2D eigenvalue weighted by Gasteiger charge is 2.13. The van der Waals surface area contributed by atoms with E-state index in [1.807, 2.05) is 0 Å². The summed E-state index contributed by atoms with van der Waals surface area (Å²) in [5.74, 6) is 0. The second-order valence-electron chi connectivity index (χ2n) is 4.72. The Balaban J connectivity index is 2.01. The van der Waals surface area contributed by atoms with Crippen LogP contribution in [0, 0.1) is 0 Å². The van der Waals surface area contributed by atoms with Gasteiger partial charge in [0, 0.05) is 46.5 Å². The molecule has 0 amide bonds. The second kappa shape index (κ2) is 10.7. The fourth-order valence-corrected chi connectivity index (χ4v) is 2.21. The van der Waals surface area contributed by atoms with Gasteiger partial charge in [-0.3, -0.25) is 9.80 Å². The van der Waals surface area contributed by atoms with Gasteiger partial charge in [0.15, 0.2) is 0 Å². The Bertz CT molecular complexity index is 193. The van der Waals surface area contributed by atoms with Crippen molar-refractivity contribution in [2.24, 2.45) is 0 Å². The largest absolute Gasteiger partial charge is 0.395 e. The minimum absolute atomic E-state index is 0.266. The molecule has 1 heterocycles. The van der Waals surface area contributed by atoms with Crippen LogP contribution in [0.3, 0.4) is 0 Å². The molecule has 0 atom stereocenters. The first-order chi connectivity index (χ1) is 8.86. The molecule has 0 aromatic heterocycles. The monoisotopic (exact) mass is 260 g/mol. The Morgan fingerprint density at radius 1 is 0.944 bits per heavy atom. The summed E-state index contributed by atoms with van der Waals surface area (Å²) in [7, 11) is 1.72. The van der Waals surface area contributed by atoms with Crippen LogP contribution in [0.5, 0.6) is 0 Å². The Morgan fingerprint density at radius 2 is 1.67 bits per heavy atom. The molecule has 0 unspecified atom stereocenters. The summed E-state index contributed by atoms with van der Waals surface area (Å²) < 4.78 is 10.6. The molecule has 0 radical (unpaired) electrons. The van der Waals surface area contributed by atoms with Crippen molar-refractivity contribution in [2.45, 2.75) is 12.8 Å². The van der Waals surface area contributed by atoms with Gasteiger partial charge in [0.25, 0.3) is 0 Å². The maximum atomic E-state index is 8.93. The number of hydrogen-bond donors (Lipinski definition) is 1. The number of rotatable bonds is 9. The molecule has 1 N–H and O–H groups in total. The van der Waals surface area contributed by atoms with E-state index in [2.05, 4.69) is 9.80 Å². The summed E-state index contributed by atoms with van der Waals surface area (Å²) in [6.07, 6.45) is 2.16. The standard InChI is InChI=1S/C13H28N2O3/c1-17-11-3-12-18-13-9-15-5-2-4-14(6-7-15)8-10-16/h16H,2-13H2,1H3. The number of aliphatic hydroxyl groups excluding tert-OH is 1. The minimum Gasteiger partial charge on any atom is -0.395 e. The molecule has 0 spiro atoms. The zero-order valence-electron chi connectivity index (χ0n) is 11.6. The van der Waals surface area contributed by atoms with Crippen LogP contribution in [0.4, 0.5) is 0 Å². The molecule has 0 bridgehead atoms. The van der Waals surface area contributed by atoms with Crippen molar-refractivity contribution in [3.05, 3.63) is 0 Å². The van der Waals surface area contributed by atoms with Gasteiger partial charge in [-0.25, -0.2) is 0 Å². The molecule has 1 aliphatic heterocycles. The van der Waals surface area contributed by atoms with E-state index in [-0.39, 0.29) is 6.61 Å². The summed E-state index contributed by atoms with van der Waals surface area (Å²) in [5.41, 5.74) is 0. The number of aliphatic hydroxyl groups is 1. The van der Waals surface area contributed by atoms with Gasteiger partial charge in [0.2, 0.25) is 0 Å². The summed E-state index contributed by atoms with van der Waals surface area (Å²) in [4.78, 5) is 4.78. The zero-order chi connectivity index (χ0) is 13.1. The lowest BCUT2D eigenvalue weighted by Gasteiger charge is -2.21. The molecule has 1 saturated heterocycles. The van der Waals surface area contributed by atoms with Crippen molar-refractivity contribution >= 4 is 0 Å². The molecular weight excluding hydrogens is 232 g/mol. The van der Waals surface area contributed by atoms with Crippen LogP contribution >= 0.6 is 0 Å². The minimum atomic E-state index is 0.266. The molecule has 5 heteroatoms. The van der Waals surface area contributed by atoms with Gasteiger partial charge in [-0.05, 0) is 25.9 Å². The molecule has 0 aromatic carbocycles. The first-order valence-electron chi connectivity index (χ1n) is 6.99. The van der Waals surface area contributed by atoms with Crippen molar-refractivity contribution in [1.82, 2.24) is 9.80 Å². The molecule has 0 saturated carbocycles. The van der Waals surface area contributed by atoms with Gasteiger partial charge in [0.05, 0.1) is 13.2 Å². The van der Waals surface area contributed by atoms with Gasteiger partial charge in [-0.1, -0.05) is 0 Å². The lowest BCUT2D eigenvalue weighted by atomic mass is 10.4. The lowest BCUT2D eigenvalue weighted by molar-refractivity contribution is 0.0842. The van der Waals surface area contributed by atoms with Crippen molar-refractivity contribution in [3.8, 4) is 0 Å². The predicted octanol–water partition coefficient (Wildman–Crippen LogP) is 0.0395. The van der Waals surface area contributed by atoms with Crippen molar-refractivity contribution in [3.63, 3.8) is 0 Å². The Kier molecular flexibility index (Phi) is 9.42. The number of hydrogen-bond acceptors (Lipinski definition) is 5. The van der Waals surface area contributed by atoms with Crippen LogP contribution < -0.4 is 0 Å². The Morgan fingerprint density at radius 3 is 2.33 bits per heavy atom. The summed E-state index contributed by atoms with van der Waals surface area (Å²) >= 11 is 0. The van der Waals surface area contributed by atoms with E-state index in [1.165, 1.54) is 6.42 Å². The third kappa shape index (κ3) is 7.28. The molecule has 1 fully saturated rings. The van der Waals surface area contributed by atoms with E-state index in [0.29, 0.717) is 0 Å². The van der Waals surface area contributed by atoms with Gasteiger partial charge in [0.1, 0.15) is 0 Å². The third-order valence-corrected chi connectivity index (χ3v) is 3.29. The molecule has 18 heavy (non-hydrogen) atoms. The van der Waals surface area contributed by atoms with E-state index >= 15 is 0 Å². The number of ether oxygens (including phenoxy) is 2. The average Bonchev–Trinajstić information content (AvgIpc) is 2.60. The highest BCUT2D eigenvalue weighted by Crippen LogP contribution is 2.02. The molecular formula is C13H28N2O3. The van der Waals surface area contributed by atoms with Crippen molar-refractivity contribution in [2.75, 3.05) is 72.8 Å². The molecule has 0 aromatic rings. The van der Waals surface area contributed by atoms with Gasteiger partial charge >= 0.3 is 0 Å². The van der Waals surface area contributed by atoms with E-state index in [9.17, 15) is 0 Å². The van der Waals surface area contributed by atoms with Crippen LogP contribution in [0.25, 0.3) is 0 Å². The molecule has 1 aliphatic rings. The van der Waals surface area contributed by atoms with Gasteiger partial charge < -0.3 is 14.6 Å². The van der Waals surface area contributed by atoms with Crippen LogP contribution in [0.15, 0.2) is 0 Å². The SMILES string of the molecule is COCCCOCCN1CCCN(CCO)CC1. The second-order valence-corrected chi connectivity index (χ2v) is 4.72. The number of β-amino-alcohol motifs (C(OH)–C–C–N with tert-alkyl or cyclic N) is 1. The fraction of sp³-hybridized carbons (Fsp3) is 1.00. The van der Waals surface area contributed by atoms with Crippen molar-refractivity contribution < 1.29 is 14.6 Å². The highest BCUT2D eigenvalue weighted by molar-refractivity contribution is 4.69. The highest BCUT2D eigenvalue weighted by atomic mass is 16.5. The van der Waals surface area contributed by atoms with E-state index in [0.717, 1.165) is 65.5 Å². The van der Waals surface area contributed by atoms with E-state index in [1.54, 1.807) is 7.11 Å². The predicted molar refractivity (Wildman–Crippen MR) is 71.9 cm³/mol. The molecule has 108 valence electrons. The van der Waals surface area contributed by atoms with Crippen LogP contribution in [0.1, 0.15) is 12.8 Å². The quantitative estimate of drug-likeness (QED) is 0.593. The van der Waals surface area contributed by atoms with Crippen molar-refractivity contribution in [1.29, 1.82) is 0 Å². The lowest BCUT2D eigenvalue weighted by Crippen LogP contribution is -2.34. The summed E-state index contributed by atoms with van der Waals surface area (Å²) in [5, 5.41) is 8.93. The Labute approximate surface area is 111 Å². The molecule has 0 aliphatic carbocycles. The number of methoxy groups -OCH3 is 1. The molecule has 1 rings (SSSR count). The summed E-state index contributed by atoms with van der Waals surface area (Å²) in [6, 6.07) is 0. The maximum absolute atomic E-state index is 8.93. The van der Waals surface area contributed by atoms with E-state index in [4.69, 9.17) is 14.6 Å². The van der Waals surface area contributed by atoms with Crippen LogP contribution in [-0.2, 0) is 9.47 Å². The topological polar surface area (TPSA) is 45.2 Å². The average molecular weight is 260 g/mol.